The van der Waals surface area contributed by atoms with E-state index in [4.69, 9.17) is 15.3 Å². The zero-order chi connectivity index (χ0) is 19.2. The molecule has 0 saturated heterocycles. The van der Waals surface area contributed by atoms with Crippen molar-refractivity contribution in [3.63, 3.8) is 0 Å². The first-order valence-corrected chi connectivity index (χ1v) is 8.31. The predicted molar refractivity (Wildman–Crippen MR) is 97.8 cm³/mol. The fourth-order valence-electron chi connectivity index (χ4n) is 2.65. The number of pyridine rings is 1. The van der Waals surface area contributed by atoms with Crippen molar-refractivity contribution in [3.8, 4) is 17.9 Å². The molecule has 2 aromatic heterocycles. The van der Waals surface area contributed by atoms with Crippen molar-refractivity contribution in [2.24, 2.45) is 0 Å². The predicted octanol–water partition coefficient (Wildman–Crippen LogP) is 2.71. The average molecular weight is 359 g/mol. The first kappa shape index (κ1) is 18.0. The highest BCUT2D eigenvalue weighted by molar-refractivity contribution is 5.94. The molecule has 0 saturated carbocycles. The molecule has 7 heteroatoms. The lowest BCUT2D eigenvalue weighted by atomic mass is 10.2. The van der Waals surface area contributed by atoms with Gasteiger partial charge in [0.1, 0.15) is 31.1 Å². The number of aromatic nitrogens is 2. The van der Waals surface area contributed by atoms with Crippen molar-refractivity contribution in [1.82, 2.24) is 14.3 Å². The van der Waals surface area contributed by atoms with E-state index in [1.165, 1.54) is 4.90 Å². The Bertz CT molecular complexity index is 1040. The van der Waals surface area contributed by atoms with Crippen LogP contribution in [0.15, 0.2) is 48.8 Å². The number of ether oxygens (including phenoxy) is 1. The number of hydrogen-bond donors (Lipinski definition) is 0. The number of imidazole rings is 1. The molecule has 3 rings (SSSR count). The third-order valence-corrected chi connectivity index (χ3v) is 3.93. The topological polar surface area (TPSA) is 94.4 Å². The number of fused-ring (bicyclic) bond motifs is 1. The van der Waals surface area contributed by atoms with Crippen LogP contribution >= 0.6 is 0 Å². The molecule has 0 unspecified atom stereocenters. The molecule has 0 fully saturated rings. The minimum Gasteiger partial charge on any atom is -0.487 e. The molecule has 1 aromatic carbocycles. The van der Waals surface area contributed by atoms with Crippen LogP contribution in [0.4, 0.5) is 0 Å². The minimum absolute atomic E-state index is 0.141. The Labute approximate surface area is 156 Å². The van der Waals surface area contributed by atoms with Crippen LogP contribution in [0.25, 0.3) is 5.65 Å². The molecule has 1 amide bonds. The number of benzene rings is 1. The number of carbonyl (C=O) groups excluding carboxylic acids is 1. The number of nitrogens with zero attached hydrogens (tertiary/aromatic N) is 5. The second-order valence-electron chi connectivity index (χ2n) is 6.00. The van der Waals surface area contributed by atoms with Crippen molar-refractivity contribution in [2.45, 2.75) is 13.5 Å². The fraction of sp³-hybridized carbons (Fsp3) is 0.200. The molecule has 0 aliphatic rings. The van der Waals surface area contributed by atoms with Gasteiger partial charge >= 0.3 is 0 Å². The number of nitriles is 2. The average Bonchev–Trinajstić information content (AvgIpc) is 3.08. The highest BCUT2D eigenvalue weighted by Crippen LogP contribution is 2.17. The second kappa shape index (κ2) is 8.03. The molecule has 0 aliphatic heterocycles. The first-order valence-electron chi connectivity index (χ1n) is 8.31. The van der Waals surface area contributed by atoms with Gasteiger partial charge in [-0.05, 0) is 36.8 Å². The smallest absolute Gasteiger partial charge is 0.255 e. The van der Waals surface area contributed by atoms with E-state index in [9.17, 15) is 4.79 Å². The molecule has 0 aliphatic carbocycles. The van der Waals surface area contributed by atoms with E-state index in [1.54, 1.807) is 24.3 Å². The number of carbonyl (C=O) groups is 1. The van der Waals surface area contributed by atoms with E-state index in [0.717, 1.165) is 16.9 Å². The van der Waals surface area contributed by atoms with Crippen molar-refractivity contribution >= 4 is 11.6 Å². The lowest BCUT2D eigenvalue weighted by Crippen LogP contribution is -2.31. The Kier molecular flexibility index (Phi) is 5.34. The standard InChI is InChI=1S/C20H17N5O2/c1-15-5-6-19-23-17(13-25(19)12-15)14-27-18-4-2-3-16(11-18)20(26)24(9-7-21)10-8-22/h2-6,11-13H,9-10,14H2,1H3. The maximum atomic E-state index is 12.5. The van der Waals surface area contributed by atoms with E-state index >= 15 is 0 Å². The van der Waals surface area contributed by atoms with E-state index in [2.05, 4.69) is 4.98 Å². The number of amides is 1. The zero-order valence-electron chi connectivity index (χ0n) is 14.8. The minimum atomic E-state index is -0.383. The summed E-state index contributed by atoms with van der Waals surface area (Å²) in [5.41, 5.74) is 3.11. The van der Waals surface area contributed by atoms with Gasteiger partial charge in [0, 0.05) is 18.0 Å². The Morgan fingerprint density at radius 2 is 1.96 bits per heavy atom. The maximum Gasteiger partial charge on any atom is 0.255 e. The highest BCUT2D eigenvalue weighted by Gasteiger charge is 2.15. The number of hydrogen-bond acceptors (Lipinski definition) is 5. The number of aryl methyl sites for hydroxylation is 1. The van der Waals surface area contributed by atoms with Gasteiger partial charge in [0.15, 0.2) is 0 Å². The summed E-state index contributed by atoms with van der Waals surface area (Å²) in [6.07, 6.45) is 3.89. The van der Waals surface area contributed by atoms with E-state index in [-0.39, 0.29) is 25.6 Å². The van der Waals surface area contributed by atoms with Crippen LogP contribution in [-0.2, 0) is 6.61 Å². The monoisotopic (exact) mass is 359 g/mol. The van der Waals surface area contributed by atoms with Gasteiger partial charge in [0.2, 0.25) is 0 Å². The van der Waals surface area contributed by atoms with Gasteiger partial charge in [0.05, 0.1) is 17.8 Å². The number of rotatable bonds is 6. The molecule has 0 spiro atoms. The van der Waals surface area contributed by atoms with E-state index in [1.807, 2.05) is 48.0 Å². The van der Waals surface area contributed by atoms with Crippen LogP contribution < -0.4 is 4.74 Å². The van der Waals surface area contributed by atoms with Crippen molar-refractivity contribution in [2.75, 3.05) is 13.1 Å². The van der Waals surface area contributed by atoms with Gasteiger partial charge in [-0.15, -0.1) is 0 Å². The summed E-state index contributed by atoms with van der Waals surface area (Å²) in [7, 11) is 0. The van der Waals surface area contributed by atoms with Crippen LogP contribution in [0.5, 0.6) is 5.75 Å². The highest BCUT2D eigenvalue weighted by atomic mass is 16.5. The summed E-state index contributed by atoms with van der Waals surface area (Å²) in [6, 6.07) is 14.4. The molecule has 27 heavy (non-hydrogen) atoms. The van der Waals surface area contributed by atoms with Crippen molar-refractivity contribution in [3.05, 3.63) is 65.6 Å². The third kappa shape index (κ3) is 4.23. The van der Waals surface area contributed by atoms with Crippen LogP contribution in [0.1, 0.15) is 21.6 Å². The largest absolute Gasteiger partial charge is 0.487 e. The zero-order valence-corrected chi connectivity index (χ0v) is 14.8. The van der Waals surface area contributed by atoms with Gasteiger partial charge in [0.25, 0.3) is 5.91 Å². The Morgan fingerprint density at radius 3 is 2.70 bits per heavy atom. The summed E-state index contributed by atoms with van der Waals surface area (Å²) in [4.78, 5) is 18.1. The van der Waals surface area contributed by atoms with Gasteiger partial charge in [-0.2, -0.15) is 10.5 Å². The molecular weight excluding hydrogens is 342 g/mol. The summed E-state index contributed by atoms with van der Waals surface area (Å²) >= 11 is 0. The third-order valence-electron chi connectivity index (χ3n) is 3.93. The summed E-state index contributed by atoms with van der Waals surface area (Å²) in [6.45, 7) is 1.99. The Hall–Kier alpha value is -3.84. The van der Waals surface area contributed by atoms with Crippen LogP contribution in [-0.4, -0.2) is 33.3 Å². The summed E-state index contributed by atoms with van der Waals surface area (Å²) < 4.78 is 7.71. The van der Waals surface area contributed by atoms with Gasteiger partial charge in [-0.25, -0.2) is 4.98 Å². The Balaban J connectivity index is 1.72. The van der Waals surface area contributed by atoms with Gasteiger partial charge < -0.3 is 14.0 Å². The molecule has 7 nitrogen and oxygen atoms in total. The fourth-order valence-corrected chi connectivity index (χ4v) is 2.65. The van der Waals surface area contributed by atoms with Crippen LogP contribution in [0, 0.1) is 29.6 Å². The van der Waals surface area contributed by atoms with Crippen molar-refractivity contribution in [1.29, 1.82) is 10.5 Å². The van der Waals surface area contributed by atoms with E-state index in [0.29, 0.717) is 11.3 Å². The van der Waals surface area contributed by atoms with Crippen LogP contribution in [0.3, 0.4) is 0 Å². The maximum absolute atomic E-state index is 12.5. The molecule has 0 atom stereocenters. The second-order valence-corrected chi connectivity index (χ2v) is 6.00. The normalized spacial score (nSPS) is 10.2. The summed E-state index contributed by atoms with van der Waals surface area (Å²) in [5, 5.41) is 17.6. The summed E-state index contributed by atoms with van der Waals surface area (Å²) in [5.74, 6) is 0.134. The molecule has 2 heterocycles. The Morgan fingerprint density at radius 1 is 1.19 bits per heavy atom. The lowest BCUT2D eigenvalue weighted by Gasteiger charge is -2.16. The van der Waals surface area contributed by atoms with Gasteiger partial charge in [-0.1, -0.05) is 12.1 Å². The molecule has 0 N–H and O–H groups in total. The quantitative estimate of drug-likeness (QED) is 0.631. The molecular formula is C20H17N5O2. The van der Waals surface area contributed by atoms with Gasteiger partial charge in [-0.3, -0.25) is 4.79 Å². The van der Waals surface area contributed by atoms with Crippen LogP contribution in [0.2, 0.25) is 0 Å². The van der Waals surface area contributed by atoms with E-state index < -0.39 is 0 Å². The molecule has 3 aromatic rings. The first-order chi connectivity index (χ1) is 13.1. The van der Waals surface area contributed by atoms with Crippen molar-refractivity contribution < 1.29 is 9.53 Å². The SMILES string of the molecule is Cc1ccc2nc(COc3cccc(C(=O)N(CC#N)CC#N)c3)cn2c1. The molecule has 0 radical (unpaired) electrons. The molecule has 134 valence electrons. The molecule has 0 bridgehead atoms. The lowest BCUT2D eigenvalue weighted by molar-refractivity contribution is 0.0794.